The van der Waals surface area contributed by atoms with Crippen molar-refractivity contribution in [2.45, 2.75) is 45.9 Å². The Labute approximate surface area is 140 Å². The van der Waals surface area contributed by atoms with Crippen LogP contribution >= 0.6 is 0 Å². The third-order valence-corrected chi connectivity index (χ3v) is 10.0. The maximum atomic E-state index is 10.1. The minimum absolute atomic E-state index is 0.240. The van der Waals surface area contributed by atoms with Crippen molar-refractivity contribution in [1.82, 2.24) is 4.39 Å². The number of rotatable bonds is 7. The van der Waals surface area contributed by atoms with Gasteiger partial charge in [-0.1, -0.05) is 57.5 Å². The molecule has 0 saturated carbocycles. The van der Waals surface area contributed by atoms with Crippen LogP contribution in [0, 0.1) is 0 Å². The standard InChI is InChI=1S/C15H26BNO4Si2/c1-22(2,3)17(23(4,5)6)21-16(18)20-12-13-11-19-15-10-8-7-9-14(13)15/h7-11,18H,12H2,1-6H3. The topological polar surface area (TPSA) is 55.1 Å². The SMILES string of the molecule is C[Si](C)(C)N(OB(O)OCc1coc2ccccc12)[Si](C)(C)C. The van der Waals surface area contributed by atoms with Crippen molar-refractivity contribution in [2.24, 2.45) is 0 Å². The molecule has 0 unspecified atom stereocenters. The van der Waals surface area contributed by atoms with Gasteiger partial charge in [0.15, 0.2) is 0 Å². The lowest BCUT2D eigenvalue weighted by Gasteiger charge is -2.42. The minimum atomic E-state index is -1.71. The van der Waals surface area contributed by atoms with E-state index in [9.17, 15) is 5.02 Å². The lowest BCUT2D eigenvalue weighted by atomic mass is 10.2. The summed E-state index contributed by atoms with van der Waals surface area (Å²) in [6, 6.07) is 7.76. The predicted molar refractivity (Wildman–Crippen MR) is 98.6 cm³/mol. The molecule has 0 radical (unpaired) electrons. The molecule has 2 rings (SSSR count). The molecule has 0 aliphatic heterocycles. The van der Waals surface area contributed by atoms with E-state index in [1.54, 1.807) is 6.26 Å². The Morgan fingerprint density at radius 3 is 2.30 bits per heavy atom. The summed E-state index contributed by atoms with van der Waals surface area (Å²) in [5, 5.41) is 11.1. The maximum absolute atomic E-state index is 10.1. The third-order valence-electron chi connectivity index (χ3n) is 3.36. The first-order valence-electron chi connectivity index (χ1n) is 7.81. The van der Waals surface area contributed by atoms with Gasteiger partial charge in [-0.3, -0.25) is 0 Å². The van der Waals surface area contributed by atoms with Crippen LogP contribution in [0.15, 0.2) is 34.9 Å². The Hall–Kier alpha value is -0.901. The normalized spacial score (nSPS) is 13.0. The van der Waals surface area contributed by atoms with E-state index in [1.165, 1.54) is 0 Å². The van der Waals surface area contributed by atoms with Crippen LogP contribution in [0.25, 0.3) is 11.0 Å². The molecule has 8 heteroatoms. The van der Waals surface area contributed by atoms with E-state index < -0.39 is 23.8 Å². The molecular formula is C15H26BNO4Si2. The maximum Gasteiger partial charge on any atom is 0.653 e. The van der Waals surface area contributed by atoms with Crippen LogP contribution in [-0.2, 0) is 16.0 Å². The van der Waals surface area contributed by atoms with Gasteiger partial charge in [-0.15, -0.1) is 0 Å². The smallest absolute Gasteiger partial charge is 0.464 e. The molecule has 1 heterocycles. The number of nitrogens with zero attached hydrogens (tertiary/aromatic N) is 1. The van der Waals surface area contributed by atoms with E-state index in [2.05, 4.69) is 39.3 Å². The molecule has 1 aromatic heterocycles. The van der Waals surface area contributed by atoms with Crippen LogP contribution in [0.3, 0.4) is 0 Å². The highest BCUT2D eigenvalue weighted by Gasteiger charge is 2.39. The number of fused-ring (bicyclic) bond motifs is 1. The fourth-order valence-corrected chi connectivity index (χ4v) is 11.6. The molecule has 5 nitrogen and oxygen atoms in total. The molecule has 1 aromatic carbocycles. The summed E-state index contributed by atoms with van der Waals surface area (Å²) in [6.07, 6.45) is 1.66. The molecule has 0 aliphatic carbocycles. The van der Waals surface area contributed by atoms with Gasteiger partial charge in [-0.2, -0.15) is 0 Å². The summed E-state index contributed by atoms with van der Waals surface area (Å²) in [5.41, 5.74) is 1.71. The quantitative estimate of drug-likeness (QED) is 0.607. The van der Waals surface area contributed by atoms with E-state index >= 15 is 0 Å². The summed E-state index contributed by atoms with van der Waals surface area (Å²) in [7, 11) is -4.69. The zero-order valence-electron chi connectivity index (χ0n) is 14.8. The van der Waals surface area contributed by atoms with Gasteiger partial charge >= 0.3 is 7.32 Å². The monoisotopic (exact) mass is 351 g/mol. The van der Waals surface area contributed by atoms with Gasteiger partial charge in [0.25, 0.3) is 0 Å². The summed E-state index contributed by atoms with van der Waals surface area (Å²) >= 11 is 0. The van der Waals surface area contributed by atoms with Gasteiger partial charge in [-0.25, -0.2) is 4.39 Å². The lowest BCUT2D eigenvalue weighted by Crippen LogP contribution is -2.60. The van der Waals surface area contributed by atoms with Gasteiger partial charge in [0.2, 0.25) is 0 Å². The highest BCUT2D eigenvalue weighted by Crippen LogP contribution is 2.23. The Morgan fingerprint density at radius 2 is 1.70 bits per heavy atom. The molecule has 126 valence electrons. The molecule has 0 bridgehead atoms. The lowest BCUT2D eigenvalue weighted by molar-refractivity contribution is 0.0159. The molecule has 0 aliphatic rings. The number of benzene rings is 1. The molecule has 0 spiro atoms. The van der Waals surface area contributed by atoms with Crippen molar-refractivity contribution in [1.29, 1.82) is 0 Å². The molecule has 23 heavy (non-hydrogen) atoms. The van der Waals surface area contributed by atoms with Crippen LogP contribution in [-0.4, -0.2) is 33.2 Å². The first-order chi connectivity index (χ1) is 10.6. The van der Waals surface area contributed by atoms with Gasteiger partial charge in [-0.05, 0) is 6.07 Å². The molecule has 2 aromatic rings. The molecule has 0 saturated heterocycles. The second-order valence-electron chi connectivity index (χ2n) is 7.62. The Morgan fingerprint density at radius 1 is 1.09 bits per heavy atom. The largest absolute Gasteiger partial charge is 0.653 e. The predicted octanol–water partition coefficient (Wildman–Crippen LogP) is 3.83. The average molecular weight is 351 g/mol. The summed E-state index contributed by atoms with van der Waals surface area (Å²) < 4.78 is 18.7. The summed E-state index contributed by atoms with van der Waals surface area (Å²) in [5.74, 6) is 0. The third kappa shape index (κ3) is 4.79. The fourth-order valence-electron chi connectivity index (χ4n) is 2.75. The van der Waals surface area contributed by atoms with Crippen molar-refractivity contribution >= 4 is 34.8 Å². The molecular weight excluding hydrogens is 325 g/mol. The Balaban J connectivity index is 2.00. The van der Waals surface area contributed by atoms with E-state index in [0.717, 1.165) is 16.5 Å². The number of para-hydroxylation sites is 1. The van der Waals surface area contributed by atoms with Crippen LogP contribution in [0.5, 0.6) is 0 Å². The molecule has 0 amide bonds. The zero-order chi connectivity index (χ0) is 17.3. The van der Waals surface area contributed by atoms with E-state index in [1.807, 2.05) is 28.7 Å². The first-order valence-corrected chi connectivity index (χ1v) is 14.7. The van der Waals surface area contributed by atoms with Crippen LogP contribution in [0.2, 0.25) is 39.3 Å². The Bertz CT molecular complexity index is 637. The van der Waals surface area contributed by atoms with Gasteiger partial charge in [0.05, 0.1) is 12.9 Å². The highest BCUT2D eigenvalue weighted by atomic mass is 28.4. The summed E-state index contributed by atoms with van der Waals surface area (Å²) in [6.45, 7) is 13.4. The average Bonchev–Trinajstić information content (AvgIpc) is 2.83. The van der Waals surface area contributed by atoms with Crippen LogP contribution < -0.4 is 0 Å². The second kappa shape index (κ2) is 6.92. The van der Waals surface area contributed by atoms with Crippen LogP contribution in [0.1, 0.15) is 5.56 Å². The van der Waals surface area contributed by atoms with Crippen molar-refractivity contribution in [3.05, 3.63) is 36.1 Å². The Kier molecular flexibility index (Phi) is 5.55. The van der Waals surface area contributed by atoms with Gasteiger partial charge in [0, 0.05) is 10.9 Å². The van der Waals surface area contributed by atoms with Crippen molar-refractivity contribution in [2.75, 3.05) is 0 Å². The van der Waals surface area contributed by atoms with Crippen molar-refractivity contribution in [3.8, 4) is 0 Å². The van der Waals surface area contributed by atoms with E-state index in [-0.39, 0.29) is 6.61 Å². The van der Waals surface area contributed by atoms with Gasteiger partial charge in [0.1, 0.15) is 22.1 Å². The summed E-state index contributed by atoms with van der Waals surface area (Å²) in [4.78, 5) is 0. The number of hydrogen-bond donors (Lipinski definition) is 1. The van der Waals surface area contributed by atoms with Crippen LogP contribution in [0.4, 0.5) is 0 Å². The van der Waals surface area contributed by atoms with Crippen molar-refractivity contribution < 1.29 is 18.9 Å². The molecule has 0 fully saturated rings. The van der Waals surface area contributed by atoms with Gasteiger partial charge < -0.3 is 18.9 Å². The van der Waals surface area contributed by atoms with Crippen molar-refractivity contribution in [3.63, 3.8) is 0 Å². The number of hydrogen-bond acceptors (Lipinski definition) is 5. The number of furan rings is 1. The van der Waals surface area contributed by atoms with E-state index in [0.29, 0.717) is 0 Å². The second-order valence-corrected chi connectivity index (χ2v) is 17.6. The first kappa shape index (κ1) is 18.4. The zero-order valence-corrected chi connectivity index (χ0v) is 16.8. The molecule has 1 N–H and O–H groups in total. The van der Waals surface area contributed by atoms with E-state index in [4.69, 9.17) is 13.8 Å². The molecule has 0 atom stereocenters. The fraction of sp³-hybridized carbons (Fsp3) is 0.467. The minimum Gasteiger partial charge on any atom is -0.464 e. The highest BCUT2D eigenvalue weighted by molar-refractivity contribution is 6.89.